The van der Waals surface area contributed by atoms with Crippen LogP contribution in [0.2, 0.25) is 0 Å². The van der Waals surface area contributed by atoms with Gasteiger partial charge in [-0.2, -0.15) is 0 Å². The number of hydrogen-bond acceptors (Lipinski definition) is 2. The Morgan fingerprint density at radius 2 is 2.08 bits per heavy atom. The molecule has 0 amide bonds. The van der Waals surface area contributed by atoms with Gasteiger partial charge in [0.05, 0.1) is 0 Å². The molecular weight excluding hydrogens is 152 g/mol. The average Bonchev–Trinajstić information content (AvgIpc) is 2.17. The lowest BCUT2D eigenvalue weighted by Crippen LogP contribution is -2.24. The molecule has 0 radical (unpaired) electrons. The van der Waals surface area contributed by atoms with Gasteiger partial charge >= 0.3 is 0 Å². The number of hydrogen-bond donors (Lipinski definition) is 2. The zero-order chi connectivity index (χ0) is 8.97. The van der Waals surface area contributed by atoms with Crippen molar-refractivity contribution in [3.05, 3.63) is 0 Å². The normalized spacial score (nSPS) is 33.2. The summed E-state index contributed by atoms with van der Waals surface area (Å²) in [6, 6.07) is 0. The Morgan fingerprint density at radius 3 is 2.67 bits per heavy atom. The first-order chi connectivity index (χ1) is 5.77. The molecule has 0 spiro atoms. The van der Waals surface area contributed by atoms with Crippen LogP contribution in [-0.2, 0) is 0 Å². The van der Waals surface area contributed by atoms with Crippen LogP contribution in [0.15, 0.2) is 0 Å². The fraction of sp³-hybridized carbons (Fsp3) is 1.00. The summed E-state index contributed by atoms with van der Waals surface area (Å²) >= 11 is 0. The Kier molecular flexibility index (Phi) is 4.02. The lowest BCUT2D eigenvalue weighted by atomic mass is 9.76. The van der Waals surface area contributed by atoms with Crippen molar-refractivity contribution in [2.45, 2.75) is 32.6 Å². The Bertz CT molecular complexity index is 123. The van der Waals surface area contributed by atoms with Crippen LogP contribution in [0.4, 0.5) is 0 Å². The molecule has 1 aliphatic carbocycles. The van der Waals surface area contributed by atoms with Crippen LogP contribution in [0.25, 0.3) is 0 Å². The highest BCUT2D eigenvalue weighted by Gasteiger charge is 2.24. The minimum Gasteiger partial charge on any atom is -0.396 e. The van der Waals surface area contributed by atoms with Gasteiger partial charge in [0.2, 0.25) is 0 Å². The second kappa shape index (κ2) is 4.83. The summed E-state index contributed by atoms with van der Waals surface area (Å²) in [6.45, 7) is 2.72. The van der Waals surface area contributed by atoms with E-state index in [2.05, 4.69) is 6.92 Å². The third-order valence-electron chi connectivity index (χ3n) is 3.17. The van der Waals surface area contributed by atoms with Crippen molar-refractivity contribution in [1.29, 1.82) is 0 Å². The van der Waals surface area contributed by atoms with Gasteiger partial charge in [-0.1, -0.05) is 19.8 Å². The maximum atomic E-state index is 9.00. The van der Waals surface area contributed by atoms with Gasteiger partial charge in [0.25, 0.3) is 0 Å². The third kappa shape index (κ3) is 2.46. The molecule has 0 aromatic carbocycles. The summed E-state index contributed by atoms with van der Waals surface area (Å²) < 4.78 is 0. The van der Waals surface area contributed by atoms with Crippen LogP contribution in [0.1, 0.15) is 32.6 Å². The Balaban J connectivity index is 2.34. The van der Waals surface area contributed by atoms with Gasteiger partial charge < -0.3 is 10.2 Å². The summed E-state index contributed by atoms with van der Waals surface area (Å²) in [5, 5.41) is 18.0. The third-order valence-corrected chi connectivity index (χ3v) is 3.17. The predicted octanol–water partition coefficient (Wildman–Crippen LogP) is 1.41. The van der Waals surface area contributed by atoms with Gasteiger partial charge in [0.1, 0.15) is 0 Å². The van der Waals surface area contributed by atoms with Crippen molar-refractivity contribution < 1.29 is 10.2 Å². The molecule has 1 rings (SSSR count). The molecule has 12 heavy (non-hydrogen) atoms. The molecule has 0 saturated heterocycles. The van der Waals surface area contributed by atoms with E-state index in [1.807, 2.05) is 0 Å². The second-order valence-corrected chi connectivity index (χ2v) is 4.14. The van der Waals surface area contributed by atoms with E-state index in [0.29, 0.717) is 31.0 Å². The standard InChI is InChI=1S/C10H20O2/c1-8(6-11)10-4-2-3-9(5-10)7-12/h8-12H,2-7H2,1H3. The maximum absolute atomic E-state index is 9.00. The highest BCUT2D eigenvalue weighted by atomic mass is 16.3. The fourth-order valence-corrected chi connectivity index (χ4v) is 2.16. The van der Waals surface area contributed by atoms with E-state index in [0.717, 1.165) is 6.42 Å². The van der Waals surface area contributed by atoms with E-state index >= 15 is 0 Å². The van der Waals surface area contributed by atoms with E-state index < -0.39 is 0 Å². The lowest BCUT2D eigenvalue weighted by molar-refractivity contribution is 0.107. The van der Waals surface area contributed by atoms with Crippen LogP contribution in [-0.4, -0.2) is 23.4 Å². The van der Waals surface area contributed by atoms with Gasteiger partial charge in [-0.25, -0.2) is 0 Å². The molecule has 3 atom stereocenters. The molecule has 1 aliphatic rings. The average molecular weight is 172 g/mol. The van der Waals surface area contributed by atoms with Gasteiger partial charge in [0.15, 0.2) is 0 Å². The number of aliphatic hydroxyl groups is 2. The molecule has 1 fully saturated rings. The minimum atomic E-state index is 0.294. The Labute approximate surface area is 74.6 Å². The van der Waals surface area contributed by atoms with E-state index in [-0.39, 0.29) is 0 Å². The van der Waals surface area contributed by atoms with Crippen molar-refractivity contribution >= 4 is 0 Å². The van der Waals surface area contributed by atoms with Gasteiger partial charge in [-0.3, -0.25) is 0 Å². The molecular formula is C10H20O2. The first-order valence-corrected chi connectivity index (χ1v) is 4.99. The van der Waals surface area contributed by atoms with Gasteiger partial charge in [-0.05, 0) is 30.6 Å². The first-order valence-electron chi connectivity index (χ1n) is 4.99. The van der Waals surface area contributed by atoms with Crippen molar-refractivity contribution in [3.8, 4) is 0 Å². The summed E-state index contributed by atoms with van der Waals surface area (Å²) in [4.78, 5) is 0. The van der Waals surface area contributed by atoms with Crippen molar-refractivity contribution in [2.75, 3.05) is 13.2 Å². The molecule has 1 saturated carbocycles. The van der Waals surface area contributed by atoms with Crippen molar-refractivity contribution in [1.82, 2.24) is 0 Å². The molecule has 3 unspecified atom stereocenters. The number of aliphatic hydroxyl groups excluding tert-OH is 2. The van der Waals surface area contributed by atoms with E-state index in [4.69, 9.17) is 10.2 Å². The summed E-state index contributed by atoms with van der Waals surface area (Å²) in [7, 11) is 0. The highest BCUT2D eigenvalue weighted by molar-refractivity contribution is 4.75. The monoisotopic (exact) mass is 172 g/mol. The molecule has 0 bridgehead atoms. The smallest absolute Gasteiger partial charge is 0.0459 e. The lowest BCUT2D eigenvalue weighted by Gasteiger charge is -2.31. The summed E-state index contributed by atoms with van der Waals surface area (Å²) in [6.07, 6.45) is 4.74. The van der Waals surface area contributed by atoms with Crippen LogP contribution in [0.5, 0.6) is 0 Å². The molecule has 2 nitrogen and oxygen atoms in total. The summed E-state index contributed by atoms with van der Waals surface area (Å²) in [5.41, 5.74) is 0. The minimum absolute atomic E-state index is 0.294. The number of rotatable bonds is 3. The highest BCUT2D eigenvalue weighted by Crippen LogP contribution is 2.33. The van der Waals surface area contributed by atoms with E-state index in [1.54, 1.807) is 0 Å². The van der Waals surface area contributed by atoms with Crippen LogP contribution in [0.3, 0.4) is 0 Å². The zero-order valence-electron chi connectivity index (χ0n) is 7.87. The fourth-order valence-electron chi connectivity index (χ4n) is 2.16. The molecule has 0 heterocycles. The Morgan fingerprint density at radius 1 is 1.33 bits per heavy atom. The molecule has 2 heteroatoms. The zero-order valence-corrected chi connectivity index (χ0v) is 7.87. The van der Waals surface area contributed by atoms with Crippen molar-refractivity contribution in [3.63, 3.8) is 0 Å². The van der Waals surface area contributed by atoms with Crippen LogP contribution >= 0.6 is 0 Å². The molecule has 0 aromatic rings. The largest absolute Gasteiger partial charge is 0.396 e. The topological polar surface area (TPSA) is 40.5 Å². The van der Waals surface area contributed by atoms with Crippen LogP contribution in [0, 0.1) is 17.8 Å². The predicted molar refractivity (Wildman–Crippen MR) is 48.8 cm³/mol. The SMILES string of the molecule is CC(CO)C1CCCC(CO)C1. The van der Waals surface area contributed by atoms with E-state index in [1.165, 1.54) is 19.3 Å². The molecule has 0 aliphatic heterocycles. The van der Waals surface area contributed by atoms with Gasteiger partial charge in [-0.15, -0.1) is 0 Å². The van der Waals surface area contributed by atoms with Crippen LogP contribution < -0.4 is 0 Å². The summed E-state index contributed by atoms with van der Waals surface area (Å²) in [5.74, 6) is 1.55. The maximum Gasteiger partial charge on any atom is 0.0459 e. The molecule has 2 N–H and O–H groups in total. The molecule has 72 valence electrons. The Hall–Kier alpha value is -0.0800. The van der Waals surface area contributed by atoms with Gasteiger partial charge in [0, 0.05) is 13.2 Å². The quantitative estimate of drug-likeness (QED) is 0.676. The van der Waals surface area contributed by atoms with E-state index in [9.17, 15) is 0 Å². The second-order valence-electron chi connectivity index (χ2n) is 4.14. The van der Waals surface area contributed by atoms with Crippen molar-refractivity contribution in [2.24, 2.45) is 17.8 Å². The first kappa shape index (κ1) is 10.0. The molecule has 0 aromatic heterocycles.